The standard InChI is InChI=1S/C11H21N5OS/c1-5-18-6-8(4)13-10-14-9(12)15-11(16-10)17-7(2)3/h7-8H,5-6H2,1-4H3,(H3,12,13,14,15,16). The third-order valence-corrected chi connectivity index (χ3v) is 3.06. The highest BCUT2D eigenvalue weighted by molar-refractivity contribution is 7.99. The van der Waals surface area contributed by atoms with Crippen LogP contribution in [0.3, 0.4) is 0 Å². The van der Waals surface area contributed by atoms with Gasteiger partial charge in [-0.2, -0.15) is 26.7 Å². The Morgan fingerprint density at radius 1 is 1.28 bits per heavy atom. The lowest BCUT2D eigenvalue weighted by Gasteiger charge is -2.14. The van der Waals surface area contributed by atoms with E-state index in [0.717, 1.165) is 11.5 Å². The molecule has 102 valence electrons. The minimum Gasteiger partial charge on any atom is -0.461 e. The van der Waals surface area contributed by atoms with E-state index in [-0.39, 0.29) is 24.1 Å². The SMILES string of the molecule is CCSCC(C)Nc1nc(N)nc(OC(C)C)n1. The lowest BCUT2D eigenvalue weighted by Crippen LogP contribution is -2.21. The first-order valence-electron chi connectivity index (χ1n) is 6.03. The molecule has 1 aromatic rings. The first-order valence-corrected chi connectivity index (χ1v) is 7.19. The Hall–Kier alpha value is -1.24. The molecule has 0 fully saturated rings. The summed E-state index contributed by atoms with van der Waals surface area (Å²) >= 11 is 1.86. The zero-order valence-corrected chi connectivity index (χ0v) is 12.1. The van der Waals surface area contributed by atoms with E-state index in [1.165, 1.54) is 0 Å². The molecule has 1 heterocycles. The smallest absolute Gasteiger partial charge is 0.323 e. The van der Waals surface area contributed by atoms with Crippen molar-refractivity contribution in [3.63, 3.8) is 0 Å². The van der Waals surface area contributed by atoms with Gasteiger partial charge in [0.15, 0.2) is 0 Å². The molecule has 1 aromatic heterocycles. The van der Waals surface area contributed by atoms with Gasteiger partial charge in [0.25, 0.3) is 0 Å². The largest absolute Gasteiger partial charge is 0.461 e. The highest BCUT2D eigenvalue weighted by Gasteiger charge is 2.09. The van der Waals surface area contributed by atoms with E-state index >= 15 is 0 Å². The van der Waals surface area contributed by atoms with Crippen LogP contribution in [0.1, 0.15) is 27.7 Å². The number of anilines is 2. The van der Waals surface area contributed by atoms with E-state index in [0.29, 0.717) is 5.95 Å². The first-order chi connectivity index (χ1) is 8.51. The number of ether oxygens (including phenoxy) is 1. The summed E-state index contributed by atoms with van der Waals surface area (Å²) in [7, 11) is 0. The van der Waals surface area contributed by atoms with E-state index in [1.54, 1.807) is 0 Å². The van der Waals surface area contributed by atoms with Gasteiger partial charge in [-0.25, -0.2) is 0 Å². The molecule has 0 spiro atoms. The fraction of sp³-hybridized carbons (Fsp3) is 0.727. The minimum atomic E-state index is 0.00715. The van der Waals surface area contributed by atoms with Gasteiger partial charge in [0.1, 0.15) is 0 Å². The highest BCUT2D eigenvalue weighted by Crippen LogP contribution is 2.12. The Morgan fingerprint density at radius 3 is 2.61 bits per heavy atom. The van der Waals surface area contributed by atoms with Crippen molar-refractivity contribution >= 4 is 23.7 Å². The number of hydrogen-bond acceptors (Lipinski definition) is 7. The van der Waals surface area contributed by atoms with E-state index in [9.17, 15) is 0 Å². The molecule has 18 heavy (non-hydrogen) atoms. The Balaban J connectivity index is 2.67. The number of nitrogens with zero attached hydrogens (tertiary/aromatic N) is 3. The summed E-state index contributed by atoms with van der Waals surface area (Å²) in [5, 5.41) is 3.19. The summed E-state index contributed by atoms with van der Waals surface area (Å²) in [6.45, 7) is 8.03. The highest BCUT2D eigenvalue weighted by atomic mass is 32.2. The molecule has 6 nitrogen and oxygen atoms in total. The molecule has 0 radical (unpaired) electrons. The third kappa shape index (κ3) is 5.39. The second-order valence-electron chi connectivity index (χ2n) is 4.17. The van der Waals surface area contributed by atoms with Crippen LogP contribution in [0.25, 0.3) is 0 Å². The van der Waals surface area contributed by atoms with Gasteiger partial charge in [-0.15, -0.1) is 0 Å². The van der Waals surface area contributed by atoms with Crippen LogP contribution in [0.4, 0.5) is 11.9 Å². The molecule has 7 heteroatoms. The molecule has 0 aromatic carbocycles. The fourth-order valence-electron chi connectivity index (χ4n) is 1.26. The number of rotatable bonds is 7. The zero-order chi connectivity index (χ0) is 13.5. The van der Waals surface area contributed by atoms with Crippen LogP contribution in [0.15, 0.2) is 0 Å². The van der Waals surface area contributed by atoms with E-state index in [2.05, 4.69) is 34.1 Å². The van der Waals surface area contributed by atoms with Crippen LogP contribution in [0.2, 0.25) is 0 Å². The Morgan fingerprint density at radius 2 is 2.00 bits per heavy atom. The van der Waals surface area contributed by atoms with Crippen molar-refractivity contribution in [1.29, 1.82) is 0 Å². The van der Waals surface area contributed by atoms with Crippen LogP contribution >= 0.6 is 11.8 Å². The molecule has 1 unspecified atom stereocenters. The van der Waals surface area contributed by atoms with E-state index < -0.39 is 0 Å². The summed E-state index contributed by atoms with van der Waals surface area (Å²) in [6, 6.07) is 0.527. The van der Waals surface area contributed by atoms with Gasteiger partial charge in [-0.1, -0.05) is 6.92 Å². The summed E-state index contributed by atoms with van der Waals surface area (Å²) < 4.78 is 5.41. The maximum Gasteiger partial charge on any atom is 0.323 e. The predicted molar refractivity (Wildman–Crippen MR) is 76.1 cm³/mol. The summed E-state index contributed by atoms with van der Waals surface area (Å²) in [5.74, 6) is 2.70. The van der Waals surface area contributed by atoms with Gasteiger partial charge >= 0.3 is 6.01 Å². The molecule has 3 N–H and O–H groups in total. The van der Waals surface area contributed by atoms with Gasteiger partial charge < -0.3 is 15.8 Å². The van der Waals surface area contributed by atoms with Crippen molar-refractivity contribution in [3.8, 4) is 6.01 Å². The van der Waals surface area contributed by atoms with Crippen LogP contribution < -0.4 is 15.8 Å². The summed E-state index contributed by atoms with van der Waals surface area (Å²) in [4.78, 5) is 12.2. The normalized spacial score (nSPS) is 12.5. The summed E-state index contributed by atoms with van der Waals surface area (Å²) in [5.41, 5.74) is 5.62. The van der Waals surface area contributed by atoms with Crippen LogP contribution in [0, 0.1) is 0 Å². The average molecular weight is 271 g/mol. The Labute approximate surface area is 112 Å². The maximum atomic E-state index is 5.62. The molecular weight excluding hydrogens is 250 g/mol. The molecule has 0 amide bonds. The van der Waals surface area contributed by atoms with Crippen LogP contribution in [-0.2, 0) is 0 Å². The van der Waals surface area contributed by atoms with Crippen LogP contribution in [-0.4, -0.2) is 38.6 Å². The first kappa shape index (κ1) is 14.8. The molecule has 1 atom stereocenters. The van der Waals surface area contributed by atoms with Crippen molar-refractivity contribution in [2.45, 2.75) is 39.8 Å². The second-order valence-corrected chi connectivity index (χ2v) is 5.49. The summed E-state index contributed by atoms with van der Waals surface area (Å²) in [6.07, 6.45) is 0.00715. The van der Waals surface area contributed by atoms with E-state index in [4.69, 9.17) is 10.5 Å². The number of nitrogen functional groups attached to an aromatic ring is 1. The molecule has 0 bridgehead atoms. The van der Waals surface area contributed by atoms with Gasteiger partial charge in [-0.05, 0) is 26.5 Å². The third-order valence-electron chi connectivity index (χ3n) is 1.92. The number of hydrogen-bond donors (Lipinski definition) is 2. The van der Waals surface area contributed by atoms with Crippen LogP contribution in [0.5, 0.6) is 6.01 Å². The van der Waals surface area contributed by atoms with Gasteiger partial charge in [-0.3, -0.25) is 0 Å². The van der Waals surface area contributed by atoms with Gasteiger partial charge in [0.2, 0.25) is 11.9 Å². The molecule has 0 aliphatic carbocycles. The molecular formula is C11H21N5OS. The number of aromatic nitrogens is 3. The lowest BCUT2D eigenvalue weighted by molar-refractivity contribution is 0.222. The molecule has 0 saturated heterocycles. The van der Waals surface area contributed by atoms with Crippen molar-refractivity contribution < 1.29 is 4.74 Å². The molecule has 0 saturated carbocycles. The molecule has 0 aliphatic heterocycles. The van der Waals surface area contributed by atoms with Crippen molar-refractivity contribution in [3.05, 3.63) is 0 Å². The number of nitrogens with one attached hydrogen (secondary N) is 1. The van der Waals surface area contributed by atoms with Gasteiger partial charge in [0, 0.05) is 11.8 Å². The molecule has 1 rings (SSSR count). The quantitative estimate of drug-likeness (QED) is 0.782. The predicted octanol–water partition coefficient (Wildman–Crippen LogP) is 1.79. The van der Waals surface area contributed by atoms with Gasteiger partial charge in [0.05, 0.1) is 6.10 Å². The Kier molecular flexibility index (Phi) is 5.97. The zero-order valence-electron chi connectivity index (χ0n) is 11.3. The number of thioether (sulfide) groups is 1. The molecule has 0 aliphatic rings. The van der Waals surface area contributed by atoms with E-state index in [1.807, 2.05) is 25.6 Å². The fourth-order valence-corrected chi connectivity index (χ4v) is 1.93. The average Bonchev–Trinajstić information content (AvgIpc) is 2.24. The second kappa shape index (κ2) is 7.25. The lowest BCUT2D eigenvalue weighted by atomic mass is 10.4. The topological polar surface area (TPSA) is 86.0 Å². The monoisotopic (exact) mass is 271 g/mol. The Bertz CT molecular complexity index is 374. The van der Waals surface area contributed by atoms with Crippen molar-refractivity contribution in [2.75, 3.05) is 22.6 Å². The van der Waals surface area contributed by atoms with Crippen molar-refractivity contribution in [2.24, 2.45) is 0 Å². The number of nitrogens with two attached hydrogens (primary N) is 1. The van der Waals surface area contributed by atoms with Crippen molar-refractivity contribution in [1.82, 2.24) is 15.0 Å². The maximum absolute atomic E-state index is 5.62. The minimum absolute atomic E-state index is 0.00715.